The van der Waals surface area contributed by atoms with Crippen LogP contribution in [0.2, 0.25) is 0 Å². The molecule has 1 heterocycles. The second kappa shape index (κ2) is 4.33. The lowest BCUT2D eigenvalue weighted by atomic mass is 10.1. The van der Waals surface area contributed by atoms with Gasteiger partial charge in [0.05, 0.1) is 0 Å². The van der Waals surface area contributed by atoms with E-state index in [1.54, 1.807) is 0 Å². The molecule has 1 unspecified atom stereocenters. The van der Waals surface area contributed by atoms with E-state index in [0.717, 1.165) is 23.5 Å². The predicted molar refractivity (Wildman–Crippen MR) is 54.8 cm³/mol. The topological polar surface area (TPSA) is 30.5 Å². The van der Waals surface area contributed by atoms with Crippen LogP contribution in [0.4, 0.5) is 0 Å². The minimum absolute atomic E-state index is 0.0845. The second-order valence-electron chi connectivity index (χ2n) is 3.10. The molecule has 0 bridgehead atoms. The van der Waals surface area contributed by atoms with E-state index < -0.39 is 6.52 Å². The summed E-state index contributed by atoms with van der Waals surface area (Å²) in [7, 11) is 0. The summed E-state index contributed by atoms with van der Waals surface area (Å²) in [5.74, 6) is 1.58. The highest BCUT2D eigenvalue weighted by Crippen LogP contribution is 2.32. The highest BCUT2D eigenvalue weighted by Gasteiger charge is 2.12. The number of nitrogens with one attached hydrogen (secondary N) is 1. The van der Waals surface area contributed by atoms with Gasteiger partial charge in [0.15, 0.2) is 11.5 Å². The van der Waals surface area contributed by atoms with Gasteiger partial charge in [0, 0.05) is 2.74 Å². The molecule has 1 aliphatic heterocycles. The monoisotopic (exact) mass is 195 g/mol. The van der Waals surface area contributed by atoms with Crippen LogP contribution in [0.3, 0.4) is 0 Å². The van der Waals surface area contributed by atoms with Crippen molar-refractivity contribution < 1.29 is 12.2 Å². The molecule has 2 rings (SSSR count). The molecule has 1 N–H and O–H groups in total. The Kier molecular flexibility index (Phi) is 2.20. The molecule has 1 atom stereocenters. The van der Waals surface area contributed by atoms with E-state index in [9.17, 15) is 0 Å². The molecule has 0 aliphatic carbocycles. The largest absolute Gasteiger partial charge is 0.454 e. The zero-order valence-corrected chi connectivity index (χ0v) is 7.95. The molecule has 1 aliphatic rings. The summed E-state index contributed by atoms with van der Waals surface area (Å²) in [4.78, 5) is 0. The summed E-state index contributed by atoms with van der Waals surface area (Å²) in [5, 5.41) is 2.96. The molecule has 0 radical (unpaired) electrons. The van der Waals surface area contributed by atoms with Crippen molar-refractivity contribution in [1.29, 1.82) is 0 Å². The number of hydrogen-bond donors (Lipinski definition) is 1. The van der Waals surface area contributed by atoms with Crippen LogP contribution in [0.1, 0.15) is 15.2 Å². The Balaban J connectivity index is 1.86. The van der Waals surface area contributed by atoms with Crippen molar-refractivity contribution in [2.45, 2.75) is 13.3 Å². The molecule has 76 valence electrons. The van der Waals surface area contributed by atoms with Gasteiger partial charge >= 0.3 is 0 Å². The lowest BCUT2D eigenvalue weighted by molar-refractivity contribution is 0.174. The zero-order valence-electron chi connectivity index (χ0n) is 9.95. The van der Waals surface area contributed by atoms with Gasteiger partial charge in [-0.2, -0.15) is 0 Å². The van der Waals surface area contributed by atoms with Crippen LogP contribution in [0.5, 0.6) is 11.5 Å². The maximum absolute atomic E-state index is 7.37. The normalized spacial score (nSPS) is 17.4. The summed E-state index contributed by atoms with van der Waals surface area (Å²) in [6.07, 6.45) is 0.825. The highest BCUT2D eigenvalue weighted by molar-refractivity contribution is 5.44. The number of likely N-dealkylation sites (N-methyl/N-ethyl adjacent to an activating group) is 1. The molecule has 0 saturated carbocycles. The van der Waals surface area contributed by atoms with E-state index in [4.69, 9.17) is 12.2 Å². The van der Waals surface area contributed by atoms with Gasteiger partial charge in [-0.25, -0.2) is 0 Å². The fourth-order valence-electron chi connectivity index (χ4n) is 1.42. The van der Waals surface area contributed by atoms with Crippen molar-refractivity contribution in [3.8, 4) is 11.5 Å². The fourth-order valence-corrected chi connectivity index (χ4v) is 1.42. The second-order valence-corrected chi connectivity index (χ2v) is 3.10. The molecule has 0 saturated heterocycles. The predicted octanol–water partition coefficient (Wildman–Crippen LogP) is 1.57. The Hall–Kier alpha value is -1.22. The number of benzene rings is 1. The van der Waals surface area contributed by atoms with Crippen molar-refractivity contribution in [3.63, 3.8) is 0 Å². The van der Waals surface area contributed by atoms with Crippen LogP contribution in [0.15, 0.2) is 18.2 Å². The molecular formula is C11H15NO2. The Morgan fingerprint density at radius 3 is 3.36 bits per heavy atom. The number of ether oxygens (including phenoxy) is 2. The van der Waals surface area contributed by atoms with Gasteiger partial charge in [-0.05, 0) is 37.2 Å². The van der Waals surface area contributed by atoms with Gasteiger partial charge in [0.25, 0.3) is 0 Å². The van der Waals surface area contributed by atoms with Crippen LogP contribution in [-0.2, 0) is 6.42 Å². The summed E-state index contributed by atoms with van der Waals surface area (Å²) in [6.45, 7) is 0.590. The summed E-state index contributed by atoms with van der Waals surface area (Å²) in [5.41, 5.74) is 1.15. The molecule has 0 fully saturated rings. The molecule has 1 aromatic carbocycles. The lowest BCUT2D eigenvalue weighted by Gasteiger charge is -2.03. The van der Waals surface area contributed by atoms with E-state index in [1.165, 1.54) is 0 Å². The van der Waals surface area contributed by atoms with Crippen molar-refractivity contribution in [3.05, 3.63) is 23.8 Å². The van der Waals surface area contributed by atoms with Crippen LogP contribution < -0.4 is 14.8 Å². The maximum Gasteiger partial charge on any atom is 0.231 e. The van der Waals surface area contributed by atoms with E-state index in [0.29, 0.717) is 13.3 Å². The minimum Gasteiger partial charge on any atom is -0.454 e. The molecule has 0 spiro atoms. The van der Waals surface area contributed by atoms with E-state index in [1.807, 2.05) is 18.2 Å². The van der Waals surface area contributed by atoms with E-state index in [-0.39, 0.29) is 6.90 Å². The third-order valence-electron chi connectivity index (χ3n) is 2.14. The fraction of sp³-hybridized carbons (Fsp3) is 0.455. The molecule has 14 heavy (non-hydrogen) atoms. The molecule has 3 nitrogen and oxygen atoms in total. The van der Waals surface area contributed by atoms with E-state index >= 15 is 0 Å². The van der Waals surface area contributed by atoms with Crippen LogP contribution in [0.25, 0.3) is 0 Å². The van der Waals surface area contributed by atoms with Crippen LogP contribution >= 0.6 is 0 Å². The number of rotatable bonds is 4. The molecule has 1 aromatic rings. The standard InChI is InChI=1S/C11H15NO2/c1-2-12-6-5-9-3-4-10-11(7-9)14-8-13-10/h3-4,7,12H,2,5-6,8H2,1H3/i1D,2D. The third-order valence-corrected chi connectivity index (χ3v) is 2.14. The average Bonchev–Trinajstić information content (AvgIpc) is 2.76. The lowest BCUT2D eigenvalue weighted by Crippen LogP contribution is -2.15. The maximum atomic E-state index is 7.37. The Labute approximate surface area is 86.8 Å². The Bertz CT molecular complexity index is 360. The van der Waals surface area contributed by atoms with Crippen LogP contribution in [0, 0.1) is 0 Å². The first-order valence-corrected chi connectivity index (χ1v) is 4.63. The number of fused-ring (bicyclic) bond motifs is 1. The highest BCUT2D eigenvalue weighted by atomic mass is 16.7. The molecule has 3 heteroatoms. The van der Waals surface area contributed by atoms with Crippen molar-refractivity contribution in [1.82, 2.24) is 5.32 Å². The van der Waals surface area contributed by atoms with Crippen molar-refractivity contribution in [2.24, 2.45) is 0 Å². The van der Waals surface area contributed by atoms with Crippen molar-refractivity contribution in [2.75, 3.05) is 19.9 Å². The van der Waals surface area contributed by atoms with Gasteiger partial charge in [-0.15, -0.1) is 0 Å². The summed E-state index contributed by atoms with van der Waals surface area (Å²) < 4.78 is 24.9. The molecule has 0 amide bonds. The quantitative estimate of drug-likeness (QED) is 0.791. The minimum atomic E-state index is -0.492. The summed E-state index contributed by atoms with van der Waals surface area (Å²) >= 11 is 0. The Morgan fingerprint density at radius 1 is 1.50 bits per heavy atom. The smallest absolute Gasteiger partial charge is 0.231 e. The zero-order chi connectivity index (χ0) is 11.4. The molecule has 0 aromatic heterocycles. The Morgan fingerprint density at radius 2 is 2.43 bits per heavy atom. The van der Waals surface area contributed by atoms with Gasteiger partial charge < -0.3 is 14.8 Å². The average molecular weight is 195 g/mol. The van der Waals surface area contributed by atoms with Crippen LogP contribution in [-0.4, -0.2) is 19.9 Å². The SMILES string of the molecule is [2H]CC([2H])NCCc1ccc2c(c1)OCO2. The summed E-state index contributed by atoms with van der Waals surface area (Å²) in [6, 6.07) is 5.86. The third kappa shape index (κ3) is 1.99. The van der Waals surface area contributed by atoms with Gasteiger partial charge in [-0.1, -0.05) is 13.0 Å². The van der Waals surface area contributed by atoms with Gasteiger partial charge in [0.1, 0.15) is 0 Å². The molecular weight excluding hydrogens is 178 g/mol. The number of hydrogen-bond acceptors (Lipinski definition) is 3. The first-order valence-electron chi connectivity index (χ1n) is 5.91. The first kappa shape index (κ1) is 7.12. The van der Waals surface area contributed by atoms with E-state index in [2.05, 4.69) is 5.32 Å². The van der Waals surface area contributed by atoms with Gasteiger partial charge in [0.2, 0.25) is 6.79 Å². The first-order chi connectivity index (χ1) is 7.79. The van der Waals surface area contributed by atoms with Gasteiger partial charge in [-0.3, -0.25) is 0 Å². The van der Waals surface area contributed by atoms with Crippen molar-refractivity contribution >= 4 is 0 Å².